The minimum absolute atomic E-state index is 0.0584. The molecule has 0 aliphatic rings. The molecule has 2 rings (SSSR count). The van der Waals surface area contributed by atoms with Crippen LogP contribution in [0.1, 0.15) is 17.3 Å². The Labute approximate surface area is 75.2 Å². The fraction of sp³-hybridized carbons (Fsp3) is 0.222. The van der Waals surface area contributed by atoms with Crippen molar-refractivity contribution in [2.45, 2.75) is 6.92 Å². The van der Waals surface area contributed by atoms with E-state index in [0.29, 0.717) is 5.56 Å². The molecule has 2 aromatic rings. The molecule has 1 aromatic carbocycles. The topological polar surface area (TPSA) is 47.8 Å². The maximum atomic E-state index is 11.1. The Balaban J connectivity index is 2.72. The minimum atomic E-state index is 0.0584. The fourth-order valence-corrected chi connectivity index (χ4v) is 1.25. The van der Waals surface area contributed by atoms with E-state index in [0.717, 1.165) is 11.0 Å². The number of rotatable bonds is 1. The number of hydrogen-bond donors (Lipinski definition) is 0. The zero-order chi connectivity index (χ0) is 9.42. The van der Waals surface area contributed by atoms with Crippen molar-refractivity contribution >= 4 is 16.8 Å². The number of benzene rings is 1. The zero-order valence-corrected chi connectivity index (χ0v) is 7.48. The van der Waals surface area contributed by atoms with Gasteiger partial charge < -0.3 is 0 Å². The Kier molecular flexibility index (Phi) is 1.62. The van der Waals surface area contributed by atoms with Crippen LogP contribution in [0.3, 0.4) is 0 Å². The maximum Gasteiger partial charge on any atom is 0.159 e. The highest BCUT2D eigenvalue weighted by Crippen LogP contribution is 2.12. The van der Waals surface area contributed by atoms with Crippen LogP contribution in [0.15, 0.2) is 18.2 Å². The largest absolute Gasteiger partial charge is 0.295 e. The summed E-state index contributed by atoms with van der Waals surface area (Å²) in [4.78, 5) is 11.1. The Bertz CT molecular complexity index is 473. The van der Waals surface area contributed by atoms with E-state index in [2.05, 4.69) is 10.3 Å². The van der Waals surface area contributed by atoms with Crippen LogP contribution in [0.2, 0.25) is 0 Å². The second-order valence-electron chi connectivity index (χ2n) is 2.97. The Hall–Kier alpha value is -1.71. The number of nitrogens with zero attached hydrogens (tertiary/aromatic N) is 3. The first-order valence-corrected chi connectivity index (χ1v) is 3.99. The standard InChI is InChI=1S/C9H9N3O/c1-6(13)7-3-4-8-9(5-7)12(2)11-10-8/h3-5H,1-2H3. The van der Waals surface area contributed by atoms with Gasteiger partial charge in [0.15, 0.2) is 5.78 Å². The molecule has 0 amide bonds. The third kappa shape index (κ3) is 1.20. The summed E-state index contributed by atoms with van der Waals surface area (Å²) in [6, 6.07) is 5.37. The molecule has 0 aliphatic heterocycles. The Morgan fingerprint density at radius 1 is 1.46 bits per heavy atom. The van der Waals surface area contributed by atoms with E-state index in [9.17, 15) is 4.79 Å². The number of hydrogen-bond acceptors (Lipinski definition) is 3. The highest BCUT2D eigenvalue weighted by Gasteiger charge is 2.04. The van der Waals surface area contributed by atoms with E-state index in [4.69, 9.17) is 0 Å². The molecule has 0 unspecified atom stereocenters. The van der Waals surface area contributed by atoms with E-state index >= 15 is 0 Å². The summed E-state index contributed by atoms with van der Waals surface area (Å²) in [6.07, 6.45) is 0. The van der Waals surface area contributed by atoms with Crippen LogP contribution in [0.4, 0.5) is 0 Å². The highest BCUT2D eigenvalue weighted by molar-refractivity contribution is 5.97. The molecule has 13 heavy (non-hydrogen) atoms. The lowest BCUT2D eigenvalue weighted by atomic mass is 10.1. The van der Waals surface area contributed by atoms with Crippen LogP contribution in [0, 0.1) is 0 Å². The van der Waals surface area contributed by atoms with E-state index in [1.54, 1.807) is 36.9 Å². The molecular weight excluding hydrogens is 166 g/mol. The van der Waals surface area contributed by atoms with Gasteiger partial charge in [0.1, 0.15) is 5.52 Å². The van der Waals surface area contributed by atoms with Gasteiger partial charge in [-0.25, -0.2) is 4.68 Å². The van der Waals surface area contributed by atoms with E-state index in [1.807, 2.05) is 0 Å². The molecule has 0 saturated carbocycles. The highest BCUT2D eigenvalue weighted by atomic mass is 16.1. The Morgan fingerprint density at radius 3 is 2.92 bits per heavy atom. The molecule has 4 nitrogen and oxygen atoms in total. The summed E-state index contributed by atoms with van der Waals surface area (Å²) in [7, 11) is 1.80. The van der Waals surface area contributed by atoms with Gasteiger partial charge in [-0.05, 0) is 25.1 Å². The van der Waals surface area contributed by atoms with Gasteiger partial charge in [0, 0.05) is 12.6 Å². The Morgan fingerprint density at radius 2 is 2.23 bits per heavy atom. The van der Waals surface area contributed by atoms with Gasteiger partial charge in [-0.2, -0.15) is 0 Å². The van der Waals surface area contributed by atoms with Crippen LogP contribution in [0.5, 0.6) is 0 Å². The molecule has 4 heteroatoms. The van der Waals surface area contributed by atoms with Gasteiger partial charge in [0.2, 0.25) is 0 Å². The molecular formula is C9H9N3O. The molecule has 0 atom stereocenters. The third-order valence-electron chi connectivity index (χ3n) is 2.02. The van der Waals surface area contributed by atoms with Crippen molar-refractivity contribution < 1.29 is 4.79 Å². The van der Waals surface area contributed by atoms with Crippen LogP contribution < -0.4 is 0 Å². The molecule has 1 aromatic heterocycles. The van der Waals surface area contributed by atoms with Crippen molar-refractivity contribution in [2.24, 2.45) is 7.05 Å². The number of carbonyl (C=O) groups is 1. The summed E-state index contributed by atoms with van der Waals surface area (Å²) in [6.45, 7) is 1.55. The average molecular weight is 175 g/mol. The van der Waals surface area contributed by atoms with Crippen LogP contribution in [-0.4, -0.2) is 20.8 Å². The molecule has 0 fully saturated rings. The van der Waals surface area contributed by atoms with E-state index in [-0.39, 0.29) is 5.78 Å². The normalized spacial score (nSPS) is 10.6. The number of aryl methyl sites for hydroxylation is 1. The lowest BCUT2D eigenvalue weighted by molar-refractivity contribution is 0.101. The predicted octanol–water partition coefficient (Wildman–Crippen LogP) is 1.17. The number of aromatic nitrogens is 3. The van der Waals surface area contributed by atoms with Crippen molar-refractivity contribution in [1.29, 1.82) is 0 Å². The summed E-state index contributed by atoms with van der Waals surface area (Å²) >= 11 is 0. The quantitative estimate of drug-likeness (QED) is 0.611. The van der Waals surface area contributed by atoms with E-state index in [1.165, 1.54) is 0 Å². The molecule has 0 saturated heterocycles. The second kappa shape index (κ2) is 2.65. The van der Waals surface area contributed by atoms with Gasteiger partial charge in [-0.15, -0.1) is 5.10 Å². The van der Waals surface area contributed by atoms with Crippen LogP contribution in [0.25, 0.3) is 11.0 Å². The van der Waals surface area contributed by atoms with Gasteiger partial charge in [-0.3, -0.25) is 4.79 Å². The average Bonchev–Trinajstić information content (AvgIpc) is 2.47. The molecule has 0 radical (unpaired) electrons. The lowest BCUT2D eigenvalue weighted by Gasteiger charge is -1.95. The van der Waals surface area contributed by atoms with Gasteiger partial charge >= 0.3 is 0 Å². The summed E-state index contributed by atoms with van der Waals surface area (Å²) < 4.78 is 1.65. The number of carbonyl (C=O) groups excluding carboxylic acids is 1. The zero-order valence-electron chi connectivity index (χ0n) is 7.48. The fourth-order valence-electron chi connectivity index (χ4n) is 1.25. The monoisotopic (exact) mass is 175 g/mol. The van der Waals surface area contributed by atoms with Crippen molar-refractivity contribution in [3.63, 3.8) is 0 Å². The lowest BCUT2D eigenvalue weighted by Crippen LogP contribution is -1.93. The number of ketones is 1. The van der Waals surface area contributed by atoms with Gasteiger partial charge in [0.05, 0.1) is 5.52 Å². The van der Waals surface area contributed by atoms with Crippen molar-refractivity contribution in [2.75, 3.05) is 0 Å². The van der Waals surface area contributed by atoms with Crippen LogP contribution in [-0.2, 0) is 7.05 Å². The third-order valence-corrected chi connectivity index (χ3v) is 2.02. The predicted molar refractivity (Wildman–Crippen MR) is 48.5 cm³/mol. The molecule has 0 aliphatic carbocycles. The molecule has 1 heterocycles. The molecule has 66 valence electrons. The first-order valence-electron chi connectivity index (χ1n) is 3.99. The maximum absolute atomic E-state index is 11.1. The summed E-state index contributed by atoms with van der Waals surface area (Å²) in [5, 5.41) is 7.77. The van der Waals surface area contributed by atoms with E-state index < -0.39 is 0 Å². The van der Waals surface area contributed by atoms with Gasteiger partial charge in [-0.1, -0.05) is 5.21 Å². The van der Waals surface area contributed by atoms with Crippen molar-refractivity contribution in [3.8, 4) is 0 Å². The minimum Gasteiger partial charge on any atom is -0.295 e. The SMILES string of the molecule is CC(=O)c1ccc2nnn(C)c2c1. The van der Waals surface area contributed by atoms with Crippen molar-refractivity contribution in [1.82, 2.24) is 15.0 Å². The smallest absolute Gasteiger partial charge is 0.159 e. The number of fused-ring (bicyclic) bond motifs is 1. The summed E-state index contributed by atoms with van der Waals surface area (Å²) in [5.41, 5.74) is 2.39. The summed E-state index contributed by atoms with van der Waals surface area (Å²) in [5.74, 6) is 0.0584. The first kappa shape index (κ1) is 7.91. The second-order valence-corrected chi connectivity index (χ2v) is 2.97. The van der Waals surface area contributed by atoms with Crippen molar-refractivity contribution in [3.05, 3.63) is 23.8 Å². The first-order chi connectivity index (χ1) is 6.18. The molecule has 0 spiro atoms. The van der Waals surface area contributed by atoms with Gasteiger partial charge in [0.25, 0.3) is 0 Å². The molecule has 0 N–H and O–H groups in total. The molecule has 0 bridgehead atoms. The number of Topliss-reactive ketones (excluding diaryl/α,β-unsaturated/α-hetero) is 1. The van der Waals surface area contributed by atoms with Crippen LogP contribution >= 0.6 is 0 Å².